The van der Waals surface area contributed by atoms with Gasteiger partial charge in [0.15, 0.2) is 5.37 Å². The highest BCUT2D eigenvalue weighted by molar-refractivity contribution is 8.00. The van der Waals surface area contributed by atoms with E-state index in [1.807, 2.05) is 54.5 Å². The van der Waals surface area contributed by atoms with Crippen LogP contribution in [0.25, 0.3) is 0 Å². The van der Waals surface area contributed by atoms with Gasteiger partial charge in [0.1, 0.15) is 60.4 Å². The number of thioether (sulfide) groups is 1. The van der Waals surface area contributed by atoms with Gasteiger partial charge in [-0.1, -0.05) is 109 Å². The number of nitrogens with one attached hydrogen (secondary N) is 4. The summed E-state index contributed by atoms with van der Waals surface area (Å²) in [4.78, 5) is 175. The van der Waals surface area contributed by atoms with Crippen molar-refractivity contribution in [3.63, 3.8) is 0 Å². The summed E-state index contributed by atoms with van der Waals surface area (Å²) in [7, 11) is 10.1. The Balaban J connectivity index is 3.08. The monoisotopic (exact) mass is 1350 g/mol. The molecule has 13 atom stereocenters. The molecular formula is C68H122N12O13S. The van der Waals surface area contributed by atoms with Crippen molar-refractivity contribution >= 4 is 76.7 Å². The summed E-state index contributed by atoms with van der Waals surface area (Å²) in [6, 6.07) is -12.6. The summed E-state index contributed by atoms with van der Waals surface area (Å²) in [5.74, 6) is -9.84. The van der Waals surface area contributed by atoms with Crippen LogP contribution in [0.15, 0.2) is 12.2 Å². The van der Waals surface area contributed by atoms with Crippen molar-refractivity contribution in [2.24, 2.45) is 41.4 Å². The fourth-order valence-corrected chi connectivity index (χ4v) is 13.4. The summed E-state index contributed by atoms with van der Waals surface area (Å²) < 4.78 is 5.55. The Kier molecular flexibility index (Phi) is 35.3. The van der Waals surface area contributed by atoms with Crippen LogP contribution in [0.1, 0.15) is 156 Å². The number of nitrogens with zero attached hydrogens (tertiary/aromatic N) is 8. The van der Waals surface area contributed by atoms with Crippen LogP contribution in [-0.2, 0) is 57.5 Å². The highest BCUT2D eigenvalue weighted by Crippen LogP contribution is 2.28. The second kappa shape index (κ2) is 39.4. The van der Waals surface area contributed by atoms with Crippen molar-refractivity contribution in [3.05, 3.63) is 12.2 Å². The molecule has 0 aromatic heterocycles. The van der Waals surface area contributed by atoms with Crippen molar-refractivity contribution in [2.75, 3.05) is 87.9 Å². The molecule has 0 unspecified atom stereocenters. The molecule has 0 saturated carbocycles. The van der Waals surface area contributed by atoms with E-state index in [2.05, 4.69) is 26.2 Å². The lowest BCUT2D eigenvalue weighted by Crippen LogP contribution is -2.64. The number of hydrogen-bond donors (Lipinski definition) is 5. The lowest BCUT2D eigenvalue weighted by molar-refractivity contribution is -0.157. The molecule has 94 heavy (non-hydrogen) atoms. The number of carbonyl (C=O) groups is 11. The van der Waals surface area contributed by atoms with Crippen LogP contribution in [0.3, 0.4) is 0 Å². The highest BCUT2D eigenvalue weighted by atomic mass is 32.2. The Morgan fingerprint density at radius 2 is 0.957 bits per heavy atom. The molecule has 0 spiro atoms. The molecule has 2 fully saturated rings. The van der Waals surface area contributed by atoms with Gasteiger partial charge < -0.3 is 65.4 Å². The van der Waals surface area contributed by atoms with E-state index in [4.69, 9.17) is 4.74 Å². The van der Waals surface area contributed by atoms with Gasteiger partial charge in [0.2, 0.25) is 59.1 Å². The minimum absolute atomic E-state index is 0.00210. The number of morpholine rings is 1. The molecule has 2 heterocycles. The van der Waals surface area contributed by atoms with Gasteiger partial charge in [0.25, 0.3) is 5.91 Å². The second-order valence-electron chi connectivity index (χ2n) is 28.4. The van der Waals surface area contributed by atoms with E-state index in [0.717, 1.165) is 18.0 Å². The number of amides is 11. The van der Waals surface area contributed by atoms with Gasteiger partial charge in [-0.3, -0.25) is 57.6 Å². The van der Waals surface area contributed by atoms with E-state index in [9.17, 15) is 29.1 Å². The number of likely N-dealkylation sites (N-methyl/N-ethyl adjacent to an activating group) is 7. The number of allylic oxidation sites excluding steroid dienone is 2. The Morgan fingerprint density at radius 3 is 1.45 bits per heavy atom. The molecule has 26 heteroatoms. The van der Waals surface area contributed by atoms with Crippen LogP contribution in [0.5, 0.6) is 0 Å². The number of ether oxygens (including phenoxy) is 1. The Labute approximate surface area is 567 Å². The summed E-state index contributed by atoms with van der Waals surface area (Å²) in [6.07, 6.45) is 3.45. The van der Waals surface area contributed by atoms with Gasteiger partial charge in [0, 0.05) is 62.4 Å². The standard InChI is InChI=1S/C68H122N12O13S/c1-25-27-29-45(15)56(81)55-60(85)71-48(26-2)62(87)79(24)68(94-35-28-30-80-31-33-93-34-32-80)67(92)76(21)53(43(11)12)59(84)72-52(42(9)10)65(90)73(18)49(36-39(3)4)58(83)69-46(16)57(82)70-47(17)61(86)74(19)50(37-40(5)6)63(88)75(20)51(38-41(7)8)64(89)77(22)54(44(13)14)66(91)78(55)23/h25,27,39-56,68,81H,26,28-38H2,1-24H3,(H,69,83)(H,70,82)(H,71,85)(H,72,84)/t45-,46+,47-,48+,49+,50+,51+,52+,53+,54+,55+,56-,68-/m1/s1. The number of rotatable bonds is 19. The van der Waals surface area contributed by atoms with Crippen LogP contribution < -0.4 is 21.3 Å². The molecule has 0 aliphatic carbocycles. The minimum Gasteiger partial charge on any atom is -0.390 e. The molecule has 0 radical (unpaired) electrons. The van der Waals surface area contributed by atoms with Crippen LogP contribution in [-0.4, -0.2) is 269 Å². The number of aliphatic hydroxyl groups is 1. The van der Waals surface area contributed by atoms with E-state index in [1.165, 1.54) is 104 Å². The third-order valence-corrected chi connectivity index (χ3v) is 19.4. The maximum Gasteiger partial charge on any atom is 0.256 e. The first kappa shape index (κ1) is 84.2. The molecule has 5 N–H and O–H groups in total. The van der Waals surface area contributed by atoms with Gasteiger partial charge in [-0.05, 0) is 113 Å². The molecule has 2 aliphatic heterocycles. The summed E-state index contributed by atoms with van der Waals surface area (Å²) in [6.45, 7) is 33.1. The maximum atomic E-state index is 15.4. The quantitative estimate of drug-likeness (QED) is 0.0911. The number of carbonyl (C=O) groups excluding carboxylic acids is 11. The van der Waals surface area contributed by atoms with E-state index in [0.29, 0.717) is 38.4 Å². The molecule has 11 amide bonds. The lowest BCUT2D eigenvalue weighted by atomic mass is 9.91. The van der Waals surface area contributed by atoms with Gasteiger partial charge in [0.05, 0.1) is 19.3 Å². The SMILES string of the molecule is CC=CC[C@@H](C)[C@@H](O)[C@H]1C(=O)N[C@@H](CC)C(=O)N(C)[C@H](SCCCN2CCOCC2)C(=O)N(C)[C@@H](C(C)C)C(=O)N[C@@H](C(C)C)C(=O)N(C)[C@@H](CC(C)C)C(=O)N[C@@H](C)C(=O)N[C@H](C)C(=O)N(C)[C@@H](CC(C)C)C(=O)N(C)[C@@H](CC(C)C)C(=O)N(C)[C@@H](C(C)C)C(=O)N1C. The van der Waals surface area contributed by atoms with Crippen molar-refractivity contribution in [1.82, 2.24) is 60.5 Å². The summed E-state index contributed by atoms with van der Waals surface area (Å²) >= 11 is 1.19. The van der Waals surface area contributed by atoms with Crippen LogP contribution in [0.2, 0.25) is 0 Å². The average molecular weight is 1350 g/mol. The third-order valence-electron chi connectivity index (χ3n) is 18.0. The minimum atomic E-state index is -1.64. The number of aliphatic hydroxyl groups excluding tert-OH is 1. The van der Waals surface area contributed by atoms with Crippen LogP contribution in [0, 0.1) is 41.4 Å². The number of hydrogen-bond acceptors (Lipinski definition) is 15. The summed E-state index contributed by atoms with van der Waals surface area (Å²) in [5, 5.41) is 22.2. The Morgan fingerprint density at radius 1 is 0.500 bits per heavy atom. The predicted molar refractivity (Wildman–Crippen MR) is 367 cm³/mol. The zero-order chi connectivity index (χ0) is 72.1. The molecular weight excluding hydrogens is 1220 g/mol. The highest BCUT2D eigenvalue weighted by Gasteiger charge is 2.47. The fourth-order valence-electron chi connectivity index (χ4n) is 12.2. The van der Waals surface area contributed by atoms with Gasteiger partial charge in [-0.25, -0.2) is 0 Å². The largest absolute Gasteiger partial charge is 0.390 e. The molecule has 0 aromatic rings. The molecule has 2 saturated heterocycles. The normalized spacial score (nSPS) is 27.5. The van der Waals surface area contributed by atoms with E-state index < -0.39 is 161 Å². The smallest absolute Gasteiger partial charge is 0.256 e. The van der Waals surface area contributed by atoms with Crippen molar-refractivity contribution in [3.8, 4) is 0 Å². The van der Waals surface area contributed by atoms with E-state index in [1.54, 1.807) is 61.5 Å². The van der Waals surface area contributed by atoms with Crippen LogP contribution >= 0.6 is 11.8 Å². The summed E-state index contributed by atoms with van der Waals surface area (Å²) in [5.41, 5.74) is 0. The van der Waals surface area contributed by atoms with Gasteiger partial charge >= 0.3 is 0 Å². The third kappa shape index (κ3) is 23.5. The van der Waals surface area contributed by atoms with Crippen molar-refractivity contribution < 1.29 is 62.6 Å². The first-order chi connectivity index (χ1) is 43.7. The second-order valence-corrected chi connectivity index (χ2v) is 29.6. The molecule has 2 aliphatic rings. The molecule has 25 nitrogen and oxygen atoms in total. The fraction of sp³-hybridized carbons (Fsp3) is 0.809. The van der Waals surface area contributed by atoms with Crippen molar-refractivity contribution in [1.29, 1.82) is 0 Å². The molecule has 0 aromatic carbocycles. The first-order valence-corrected chi connectivity index (χ1v) is 35.1. The zero-order valence-corrected chi connectivity index (χ0v) is 62.3. The topological polar surface area (TPSA) is 291 Å². The lowest BCUT2D eigenvalue weighted by Gasteiger charge is -2.41. The van der Waals surface area contributed by atoms with E-state index in [-0.39, 0.29) is 43.4 Å². The first-order valence-electron chi connectivity index (χ1n) is 34.0. The molecule has 538 valence electrons. The maximum absolute atomic E-state index is 15.4. The Bertz CT molecular complexity index is 2560. The van der Waals surface area contributed by atoms with E-state index >= 15 is 28.8 Å². The zero-order valence-electron chi connectivity index (χ0n) is 61.4. The molecule has 0 bridgehead atoms. The average Bonchev–Trinajstić information content (AvgIpc) is 0.810. The van der Waals surface area contributed by atoms with Crippen LogP contribution in [0.4, 0.5) is 0 Å². The Hall–Kier alpha value is -5.86. The van der Waals surface area contributed by atoms with Crippen molar-refractivity contribution in [2.45, 2.75) is 228 Å². The molecule has 2 rings (SSSR count). The van der Waals surface area contributed by atoms with Gasteiger partial charge in [-0.2, -0.15) is 0 Å². The van der Waals surface area contributed by atoms with Gasteiger partial charge in [-0.15, -0.1) is 11.8 Å². The predicted octanol–water partition coefficient (Wildman–Crippen LogP) is 3.66.